The van der Waals surface area contributed by atoms with Crippen LogP contribution in [0.2, 0.25) is 10.0 Å². The van der Waals surface area contributed by atoms with E-state index in [1.165, 1.54) is 32.1 Å². The van der Waals surface area contributed by atoms with E-state index in [0.717, 1.165) is 17.7 Å². The molecule has 1 fully saturated rings. The molecule has 1 N–H and O–H groups in total. The summed E-state index contributed by atoms with van der Waals surface area (Å²) >= 11 is 12.8. The van der Waals surface area contributed by atoms with E-state index in [1.807, 2.05) is 43.3 Å². The van der Waals surface area contributed by atoms with Gasteiger partial charge >= 0.3 is 0 Å². The molecule has 0 aromatic heterocycles. The predicted molar refractivity (Wildman–Crippen MR) is 112 cm³/mol. The molecule has 154 valence electrons. The lowest BCUT2D eigenvalue weighted by atomic mass is 9.95. The number of rotatable bonds is 8. The molecule has 0 amide bonds. The standard InChI is InChI=1S/C22H27Cl2NO2.ClH/c1-2-26-21-13-16(14-25-18-9-4-3-5-10-18)12-20(24)22(21)27-15-17-8-6-7-11-19(17)23;/h6-8,11-13,18,25H,2-5,9-10,14-15H2,1H3;1H/p-1. The van der Waals surface area contributed by atoms with Gasteiger partial charge in [0.05, 0.1) is 11.6 Å². The summed E-state index contributed by atoms with van der Waals surface area (Å²) in [5.74, 6) is 1.25. The molecule has 3 nitrogen and oxygen atoms in total. The Hall–Kier alpha value is -1.13. The molecule has 0 aliphatic heterocycles. The molecule has 0 unspecified atom stereocenters. The maximum absolute atomic E-state index is 6.53. The maximum Gasteiger partial charge on any atom is 0.180 e. The average molecular weight is 444 g/mol. The topological polar surface area (TPSA) is 30.5 Å². The Bertz CT molecular complexity index is 749. The summed E-state index contributed by atoms with van der Waals surface area (Å²) in [5.41, 5.74) is 2.03. The van der Waals surface area contributed by atoms with Crippen LogP contribution in [0.1, 0.15) is 50.2 Å². The van der Waals surface area contributed by atoms with Gasteiger partial charge in [0.25, 0.3) is 0 Å². The second-order valence-electron chi connectivity index (χ2n) is 6.93. The second kappa shape index (κ2) is 11.8. The molecular formula is C22H27Cl3NO2-. The quantitative estimate of drug-likeness (QED) is 0.678. The van der Waals surface area contributed by atoms with Crippen molar-refractivity contribution in [2.45, 2.75) is 58.2 Å². The summed E-state index contributed by atoms with van der Waals surface area (Å²) in [5, 5.41) is 4.89. The summed E-state index contributed by atoms with van der Waals surface area (Å²) in [6.45, 7) is 3.64. The third-order valence-corrected chi connectivity index (χ3v) is 5.55. The van der Waals surface area contributed by atoms with E-state index in [2.05, 4.69) is 5.32 Å². The highest BCUT2D eigenvalue weighted by Gasteiger charge is 2.16. The van der Waals surface area contributed by atoms with Crippen LogP contribution in [0.4, 0.5) is 0 Å². The van der Waals surface area contributed by atoms with Crippen molar-refractivity contribution in [1.29, 1.82) is 0 Å². The molecule has 2 aromatic rings. The van der Waals surface area contributed by atoms with Crippen molar-refractivity contribution in [2.75, 3.05) is 6.61 Å². The zero-order valence-electron chi connectivity index (χ0n) is 16.1. The minimum absolute atomic E-state index is 0. The van der Waals surface area contributed by atoms with Crippen LogP contribution in [0.3, 0.4) is 0 Å². The van der Waals surface area contributed by atoms with Gasteiger partial charge in [-0.05, 0) is 43.5 Å². The first-order chi connectivity index (χ1) is 13.2. The van der Waals surface area contributed by atoms with Gasteiger partial charge in [-0.3, -0.25) is 0 Å². The highest BCUT2D eigenvalue weighted by atomic mass is 35.5. The number of hydrogen-bond acceptors (Lipinski definition) is 3. The van der Waals surface area contributed by atoms with Crippen molar-refractivity contribution in [3.63, 3.8) is 0 Å². The Morgan fingerprint density at radius 2 is 1.75 bits per heavy atom. The molecule has 3 rings (SSSR count). The van der Waals surface area contributed by atoms with Crippen molar-refractivity contribution in [3.05, 3.63) is 57.6 Å². The minimum atomic E-state index is 0. The Balaban J connectivity index is 0.00000280. The Morgan fingerprint density at radius 1 is 1.00 bits per heavy atom. The van der Waals surface area contributed by atoms with Crippen molar-refractivity contribution >= 4 is 23.2 Å². The van der Waals surface area contributed by atoms with Gasteiger partial charge in [-0.2, -0.15) is 0 Å². The molecule has 0 radical (unpaired) electrons. The van der Waals surface area contributed by atoms with Gasteiger partial charge in [-0.25, -0.2) is 0 Å². The lowest BCUT2D eigenvalue weighted by molar-refractivity contribution is -0.00000620. The summed E-state index contributed by atoms with van der Waals surface area (Å²) in [6.07, 6.45) is 6.50. The Labute approximate surface area is 184 Å². The summed E-state index contributed by atoms with van der Waals surface area (Å²) in [7, 11) is 0. The van der Waals surface area contributed by atoms with Gasteiger partial charge in [0, 0.05) is 23.2 Å². The number of ether oxygens (including phenoxy) is 2. The molecule has 1 aliphatic carbocycles. The molecule has 1 saturated carbocycles. The van der Waals surface area contributed by atoms with Gasteiger partial charge in [-0.1, -0.05) is 60.7 Å². The van der Waals surface area contributed by atoms with E-state index in [1.54, 1.807) is 0 Å². The van der Waals surface area contributed by atoms with Crippen molar-refractivity contribution in [3.8, 4) is 11.5 Å². The Morgan fingerprint density at radius 3 is 2.46 bits per heavy atom. The van der Waals surface area contributed by atoms with E-state index >= 15 is 0 Å². The summed E-state index contributed by atoms with van der Waals surface area (Å²) in [6, 6.07) is 12.2. The fraction of sp³-hybridized carbons (Fsp3) is 0.455. The third kappa shape index (κ3) is 6.45. The van der Waals surface area contributed by atoms with E-state index in [0.29, 0.717) is 40.8 Å². The van der Waals surface area contributed by atoms with Crippen LogP contribution in [-0.2, 0) is 13.2 Å². The Kier molecular flexibility index (Phi) is 9.73. The van der Waals surface area contributed by atoms with E-state index in [9.17, 15) is 0 Å². The highest BCUT2D eigenvalue weighted by molar-refractivity contribution is 6.32. The van der Waals surface area contributed by atoms with Crippen molar-refractivity contribution in [2.24, 2.45) is 0 Å². The maximum atomic E-state index is 6.53. The number of halogens is 3. The van der Waals surface area contributed by atoms with Gasteiger partial charge in [0.15, 0.2) is 11.5 Å². The zero-order valence-corrected chi connectivity index (χ0v) is 18.4. The molecule has 0 atom stereocenters. The SMILES string of the molecule is CCOc1cc(CNC2CCCCC2)cc(Cl)c1OCc1ccccc1Cl.[Cl-]. The normalized spacial score (nSPS) is 14.4. The largest absolute Gasteiger partial charge is 1.00 e. The summed E-state index contributed by atoms with van der Waals surface area (Å²) < 4.78 is 11.8. The molecule has 2 aromatic carbocycles. The van der Waals surface area contributed by atoms with Gasteiger partial charge in [0.2, 0.25) is 0 Å². The minimum Gasteiger partial charge on any atom is -1.00 e. The lowest BCUT2D eigenvalue weighted by Gasteiger charge is -2.23. The first-order valence-electron chi connectivity index (χ1n) is 9.72. The smallest absolute Gasteiger partial charge is 0.180 e. The number of nitrogens with one attached hydrogen (secondary N) is 1. The number of hydrogen-bond donors (Lipinski definition) is 1. The monoisotopic (exact) mass is 442 g/mol. The van der Waals surface area contributed by atoms with Gasteiger partial charge in [-0.15, -0.1) is 0 Å². The first kappa shape index (κ1) is 23.2. The fourth-order valence-corrected chi connectivity index (χ4v) is 3.94. The number of benzene rings is 2. The van der Waals surface area contributed by atoms with E-state index in [4.69, 9.17) is 32.7 Å². The third-order valence-electron chi connectivity index (χ3n) is 4.90. The van der Waals surface area contributed by atoms with Crippen molar-refractivity contribution < 1.29 is 21.9 Å². The molecule has 0 bridgehead atoms. The van der Waals surface area contributed by atoms with Gasteiger partial charge in [0.1, 0.15) is 6.61 Å². The second-order valence-corrected chi connectivity index (χ2v) is 7.75. The van der Waals surface area contributed by atoms with Crippen LogP contribution in [0.25, 0.3) is 0 Å². The molecule has 1 aliphatic rings. The van der Waals surface area contributed by atoms with Crippen LogP contribution in [0, 0.1) is 0 Å². The molecule has 0 spiro atoms. The van der Waals surface area contributed by atoms with E-state index < -0.39 is 0 Å². The molecule has 0 heterocycles. The van der Waals surface area contributed by atoms with Crippen LogP contribution < -0.4 is 27.2 Å². The molecule has 0 saturated heterocycles. The van der Waals surface area contributed by atoms with E-state index in [-0.39, 0.29) is 12.4 Å². The van der Waals surface area contributed by atoms with Crippen LogP contribution in [0.5, 0.6) is 11.5 Å². The summed E-state index contributed by atoms with van der Waals surface area (Å²) in [4.78, 5) is 0. The molecule has 28 heavy (non-hydrogen) atoms. The molecule has 6 heteroatoms. The highest BCUT2D eigenvalue weighted by Crippen LogP contribution is 2.37. The van der Waals surface area contributed by atoms with Crippen molar-refractivity contribution in [1.82, 2.24) is 5.32 Å². The fourth-order valence-electron chi connectivity index (χ4n) is 3.46. The van der Waals surface area contributed by atoms with Gasteiger partial charge < -0.3 is 27.2 Å². The molecular weight excluding hydrogens is 417 g/mol. The predicted octanol–water partition coefficient (Wildman–Crippen LogP) is 3.40. The average Bonchev–Trinajstić information content (AvgIpc) is 2.68. The zero-order chi connectivity index (χ0) is 19.1. The first-order valence-corrected chi connectivity index (χ1v) is 10.5. The van der Waals surface area contributed by atoms with Crippen LogP contribution in [0.15, 0.2) is 36.4 Å². The van der Waals surface area contributed by atoms with Crippen LogP contribution >= 0.6 is 23.2 Å². The van der Waals surface area contributed by atoms with Crippen LogP contribution in [-0.4, -0.2) is 12.6 Å². The lowest BCUT2D eigenvalue weighted by Crippen LogP contribution is -3.00.